The van der Waals surface area contributed by atoms with Gasteiger partial charge in [0.05, 0.1) is 11.6 Å². The number of carboxylic acid groups (broad SMARTS) is 1. The van der Waals surface area contributed by atoms with Crippen molar-refractivity contribution in [2.75, 3.05) is 6.61 Å². The maximum absolute atomic E-state index is 11.4. The van der Waals surface area contributed by atoms with Crippen molar-refractivity contribution in [3.05, 3.63) is 28.2 Å². The molecule has 6 nitrogen and oxygen atoms in total. The van der Waals surface area contributed by atoms with E-state index >= 15 is 0 Å². The van der Waals surface area contributed by atoms with Crippen molar-refractivity contribution in [1.29, 1.82) is 0 Å². The van der Waals surface area contributed by atoms with Gasteiger partial charge in [-0.1, -0.05) is 42.1 Å². The number of benzene rings is 1. The molecule has 1 unspecified atom stereocenters. The van der Waals surface area contributed by atoms with Crippen LogP contribution >= 0.6 is 35.6 Å². The average molecular weight is 400 g/mol. The van der Waals surface area contributed by atoms with Crippen LogP contribution in [0.3, 0.4) is 0 Å². The van der Waals surface area contributed by atoms with E-state index in [-0.39, 0.29) is 43.2 Å². The van der Waals surface area contributed by atoms with E-state index in [1.54, 1.807) is 18.2 Å². The highest BCUT2D eigenvalue weighted by molar-refractivity contribution is 6.43. The van der Waals surface area contributed by atoms with E-state index in [0.29, 0.717) is 23.6 Å². The van der Waals surface area contributed by atoms with Gasteiger partial charge in [-0.05, 0) is 24.9 Å². The third kappa shape index (κ3) is 7.46. The molecule has 0 bridgehead atoms. The summed E-state index contributed by atoms with van der Waals surface area (Å²) in [5.74, 6) is -0.752. The Bertz CT molecular complexity index is 535. The number of hydrogen-bond donors (Lipinski definition) is 4. The lowest BCUT2D eigenvalue weighted by Crippen LogP contribution is -2.49. The van der Waals surface area contributed by atoms with Gasteiger partial charge in [-0.15, -0.1) is 12.4 Å². The lowest BCUT2D eigenvalue weighted by molar-refractivity contribution is -0.144. The van der Waals surface area contributed by atoms with E-state index in [4.69, 9.17) is 43.7 Å². The minimum Gasteiger partial charge on any atom is -0.492 e. The van der Waals surface area contributed by atoms with E-state index in [9.17, 15) is 9.90 Å². The number of hydrogen-bond acceptors (Lipinski definition) is 5. The van der Waals surface area contributed by atoms with Crippen LogP contribution in [-0.4, -0.2) is 40.4 Å². The third-order valence-corrected chi connectivity index (χ3v) is 4.28. The van der Waals surface area contributed by atoms with Crippen LogP contribution in [0.2, 0.25) is 16.4 Å². The highest BCUT2D eigenvalue weighted by atomic mass is 35.5. The van der Waals surface area contributed by atoms with E-state index in [1.807, 2.05) is 0 Å². The van der Waals surface area contributed by atoms with Crippen LogP contribution in [0.1, 0.15) is 25.7 Å². The third-order valence-electron chi connectivity index (χ3n) is 3.48. The fraction of sp³-hybridized carbons (Fsp3) is 0.500. The molecule has 0 heterocycles. The molecule has 136 valence electrons. The van der Waals surface area contributed by atoms with Crippen LogP contribution in [0, 0.1) is 0 Å². The zero-order valence-corrected chi connectivity index (χ0v) is 15.3. The number of unbranched alkanes of at least 4 members (excludes halogenated alkanes) is 1. The van der Waals surface area contributed by atoms with Gasteiger partial charge in [-0.25, -0.2) is 0 Å². The summed E-state index contributed by atoms with van der Waals surface area (Å²) < 4.78 is 5.47. The zero-order valence-electron chi connectivity index (χ0n) is 13.0. The minimum absolute atomic E-state index is 0. The van der Waals surface area contributed by atoms with Gasteiger partial charge in [-0.3, -0.25) is 4.79 Å². The summed E-state index contributed by atoms with van der Waals surface area (Å²) in [6, 6.07) is 4.93. The molecule has 0 spiro atoms. The van der Waals surface area contributed by atoms with E-state index in [1.165, 1.54) is 0 Å². The fourth-order valence-electron chi connectivity index (χ4n) is 2.04. The molecule has 0 aliphatic carbocycles. The molecule has 0 saturated heterocycles. The largest absolute Gasteiger partial charge is 0.492 e. The fourth-order valence-corrected chi connectivity index (χ4v) is 2.39. The molecule has 0 aromatic heterocycles. The van der Waals surface area contributed by atoms with Crippen LogP contribution in [0.25, 0.3) is 0 Å². The standard InChI is InChI=1S/C14H20BCl2NO5.ClH/c16-10-4-3-5-11(12(10)17)23-9-7-14(18,13(19)20)6-1-2-8-15(21)22;/h3-5,21-22H,1-2,6-9,18H2,(H,19,20);1H. The lowest BCUT2D eigenvalue weighted by atomic mass is 9.81. The van der Waals surface area contributed by atoms with E-state index < -0.39 is 18.6 Å². The Morgan fingerprint density at radius 3 is 2.50 bits per heavy atom. The molecular formula is C14H21BCl3NO5. The number of aliphatic carboxylic acids is 1. The van der Waals surface area contributed by atoms with Crippen LogP contribution in [0.15, 0.2) is 18.2 Å². The molecule has 0 radical (unpaired) electrons. The maximum Gasteiger partial charge on any atom is 0.451 e. The van der Waals surface area contributed by atoms with E-state index in [0.717, 1.165) is 0 Å². The molecule has 1 aromatic rings. The molecule has 0 fully saturated rings. The Morgan fingerprint density at radius 2 is 1.92 bits per heavy atom. The van der Waals surface area contributed by atoms with Gasteiger partial charge in [0.25, 0.3) is 0 Å². The Kier molecular flexibility index (Phi) is 10.7. The van der Waals surface area contributed by atoms with E-state index in [2.05, 4.69) is 0 Å². The summed E-state index contributed by atoms with van der Waals surface area (Å²) in [7, 11) is -1.39. The predicted molar refractivity (Wildman–Crippen MR) is 97.2 cm³/mol. The summed E-state index contributed by atoms with van der Waals surface area (Å²) in [6.45, 7) is 0.0749. The number of rotatable bonds is 10. The number of halogens is 3. The molecule has 10 heteroatoms. The number of nitrogens with two attached hydrogens (primary N) is 1. The lowest BCUT2D eigenvalue weighted by Gasteiger charge is -2.25. The maximum atomic E-state index is 11.4. The Labute approximate surface area is 157 Å². The molecule has 0 saturated carbocycles. The second-order valence-electron chi connectivity index (χ2n) is 5.34. The second kappa shape index (κ2) is 11.0. The van der Waals surface area contributed by atoms with Gasteiger partial charge in [0.1, 0.15) is 16.3 Å². The molecule has 0 amide bonds. The monoisotopic (exact) mass is 399 g/mol. The zero-order chi connectivity index (χ0) is 17.5. The highest BCUT2D eigenvalue weighted by Gasteiger charge is 2.33. The summed E-state index contributed by atoms with van der Waals surface area (Å²) in [4.78, 5) is 11.4. The summed E-state index contributed by atoms with van der Waals surface area (Å²) in [6.07, 6.45) is 1.43. The molecule has 0 aliphatic heterocycles. The van der Waals surface area contributed by atoms with Crippen molar-refractivity contribution < 1.29 is 24.7 Å². The summed E-state index contributed by atoms with van der Waals surface area (Å²) in [5, 5.41) is 27.5. The molecule has 1 aromatic carbocycles. The quantitative estimate of drug-likeness (QED) is 0.355. The van der Waals surface area contributed by atoms with Gasteiger partial charge >= 0.3 is 13.1 Å². The van der Waals surface area contributed by atoms with Crippen molar-refractivity contribution in [3.8, 4) is 5.75 Å². The van der Waals surface area contributed by atoms with Gasteiger partial charge in [0.15, 0.2) is 0 Å². The first-order chi connectivity index (χ1) is 10.8. The topological polar surface area (TPSA) is 113 Å². The number of carboxylic acids is 1. The molecule has 0 aliphatic rings. The van der Waals surface area contributed by atoms with Crippen LogP contribution in [0.4, 0.5) is 0 Å². The number of ether oxygens (including phenoxy) is 1. The van der Waals surface area contributed by atoms with Gasteiger partial charge in [0.2, 0.25) is 0 Å². The van der Waals surface area contributed by atoms with Crippen molar-refractivity contribution in [3.63, 3.8) is 0 Å². The molecule has 1 rings (SSSR count). The van der Waals surface area contributed by atoms with Crippen LogP contribution in [-0.2, 0) is 4.79 Å². The van der Waals surface area contributed by atoms with Crippen molar-refractivity contribution in [1.82, 2.24) is 0 Å². The first kappa shape index (κ1) is 23.3. The SMILES string of the molecule is Cl.NC(CCCCB(O)O)(CCOc1cccc(Cl)c1Cl)C(=O)O. The van der Waals surface area contributed by atoms with Crippen LogP contribution in [0.5, 0.6) is 5.75 Å². The second-order valence-corrected chi connectivity index (χ2v) is 6.12. The molecule has 24 heavy (non-hydrogen) atoms. The highest BCUT2D eigenvalue weighted by Crippen LogP contribution is 2.31. The van der Waals surface area contributed by atoms with Crippen LogP contribution < -0.4 is 10.5 Å². The van der Waals surface area contributed by atoms with Crippen molar-refractivity contribution >= 4 is 48.7 Å². The Hall–Kier alpha value is -0.695. The summed E-state index contributed by atoms with van der Waals surface area (Å²) in [5.41, 5.74) is 4.49. The number of carbonyl (C=O) groups is 1. The Balaban J connectivity index is 0.00000529. The Morgan fingerprint density at radius 1 is 1.25 bits per heavy atom. The molecular weight excluding hydrogens is 379 g/mol. The first-order valence-electron chi connectivity index (χ1n) is 7.21. The molecule has 1 atom stereocenters. The van der Waals surface area contributed by atoms with Crippen molar-refractivity contribution in [2.24, 2.45) is 5.73 Å². The summed E-state index contributed by atoms with van der Waals surface area (Å²) >= 11 is 11.9. The van der Waals surface area contributed by atoms with Gasteiger partial charge < -0.3 is 25.6 Å². The predicted octanol–water partition coefficient (Wildman–Crippen LogP) is 2.61. The first-order valence-corrected chi connectivity index (χ1v) is 7.97. The van der Waals surface area contributed by atoms with Crippen molar-refractivity contribution in [2.45, 2.75) is 37.5 Å². The van der Waals surface area contributed by atoms with Gasteiger partial charge in [-0.2, -0.15) is 0 Å². The molecule has 5 N–H and O–H groups in total. The average Bonchev–Trinajstić information content (AvgIpc) is 2.48. The minimum atomic E-state index is -1.44. The van der Waals surface area contributed by atoms with Gasteiger partial charge in [0, 0.05) is 6.42 Å². The normalized spacial score (nSPS) is 12.9. The smallest absolute Gasteiger partial charge is 0.451 e.